The van der Waals surface area contributed by atoms with Crippen molar-refractivity contribution >= 4 is 16.9 Å². The molecule has 3 rings (SSSR count). The second-order valence-electron chi connectivity index (χ2n) is 5.49. The topological polar surface area (TPSA) is 67.0 Å². The molecule has 1 aromatic heterocycles. The number of carbonyl (C=O) groups excluding carboxylic acids is 1. The van der Waals surface area contributed by atoms with Gasteiger partial charge >= 0.3 is 0 Å². The Labute approximate surface area is 134 Å². The number of imidazole rings is 1. The molecule has 5 heteroatoms. The van der Waals surface area contributed by atoms with Crippen LogP contribution in [0.25, 0.3) is 11.0 Å². The number of nitrogens with zero attached hydrogens (tertiary/aromatic N) is 1. The number of ether oxygens (including phenoxy) is 1. The Kier molecular flexibility index (Phi) is 4.39. The van der Waals surface area contributed by atoms with E-state index < -0.39 is 0 Å². The fraction of sp³-hybridized carbons (Fsp3) is 0.222. The minimum Gasteiger partial charge on any atom is -0.375 e. The molecule has 23 heavy (non-hydrogen) atoms. The number of fused-ring (bicyclic) bond motifs is 1. The summed E-state index contributed by atoms with van der Waals surface area (Å²) in [4.78, 5) is 19.9. The summed E-state index contributed by atoms with van der Waals surface area (Å²) in [6, 6.07) is 15.5. The molecule has 0 aliphatic rings. The van der Waals surface area contributed by atoms with E-state index in [0.717, 1.165) is 22.2 Å². The summed E-state index contributed by atoms with van der Waals surface area (Å²) in [5, 5.41) is 2.97. The number of aromatic amines is 1. The molecule has 0 bridgehead atoms. The molecule has 0 saturated carbocycles. The molecule has 0 spiro atoms. The molecule has 1 atom stereocenters. The highest BCUT2D eigenvalue weighted by Gasteiger charge is 2.20. The Balaban J connectivity index is 2.00. The van der Waals surface area contributed by atoms with Crippen molar-refractivity contribution in [2.24, 2.45) is 0 Å². The summed E-state index contributed by atoms with van der Waals surface area (Å²) in [5.41, 5.74) is 3.97. The molecule has 1 unspecified atom stereocenters. The Morgan fingerprint density at radius 1 is 1.26 bits per heavy atom. The van der Waals surface area contributed by atoms with Gasteiger partial charge < -0.3 is 15.0 Å². The maximum atomic E-state index is 12.0. The van der Waals surface area contributed by atoms with Gasteiger partial charge in [0.25, 0.3) is 0 Å². The van der Waals surface area contributed by atoms with Gasteiger partial charge in [0.2, 0.25) is 5.91 Å². The summed E-state index contributed by atoms with van der Waals surface area (Å²) in [6.45, 7) is 2.05. The van der Waals surface area contributed by atoms with Crippen LogP contribution in [0.4, 0.5) is 0 Å². The van der Waals surface area contributed by atoms with Gasteiger partial charge in [-0.2, -0.15) is 0 Å². The zero-order chi connectivity index (χ0) is 16.2. The van der Waals surface area contributed by atoms with Crippen LogP contribution in [-0.2, 0) is 9.53 Å². The fourth-order valence-electron chi connectivity index (χ4n) is 2.57. The van der Waals surface area contributed by atoms with E-state index in [1.54, 1.807) is 0 Å². The average Bonchev–Trinajstić information content (AvgIpc) is 2.96. The molecule has 3 aromatic rings. The number of hydrogen-bond acceptors (Lipinski definition) is 3. The van der Waals surface area contributed by atoms with Crippen molar-refractivity contribution in [3.8, 4) is 0 Å². The number of amides is 1. The van der Waals surface area contributed by atoms with Gasteiger partial charge in [0, 0.05) is 7.11 Å². The van der Waals surface area contributed by atoms with Gasteiger partial charge in [-0.15, -0.1) is 0 Å². The van der Waals surface area contributed by atoms with E-state index in [9.17, 15) is 4.79 Å². The van der Waals surface area contributed by atoms with Crippen LogP contribution < -0.4 is 5.32 Å². The third-order valence-corrected chi connectivity index (χ3v) is 3.64. The lowest BCUT2D eigenvalue weighted by atomic mass is 10.1. The van der Waals surface area contributed by atoms with E-state index in [1.165, 1.54) is 7.11 Å². The highest BCUT2D eigenvalue weighted by atomic mass is 16.5. The molecule has 0 aliphatic heterocycles. The number of hydrogen-bond donors (Lipinski definition) is 2. The Morgan fingerprint density at radius 3 is 2.78 bits per heavy atom. The minimum absolute atomic E-state index is 0.0165. The zero-order valence-electron chi connectivity index (χ0n) is 13.2. The predicted molar refractivity (Wildman–Crippen MR) is 89.1 cm³/mol. The van der Waals surface area contributed by atoms with Crippen molar-refractivity contribution < 1.29 is 9.53 Å². The monoisotopic (exact) mass is 309 g/mol. The maximum Gasteiger partial charge on any atom is 0.246 e. The van der Waals surface area contributed by atoms with E-state index in [2.05, 4.69) is 15.3 Å². The number of aryl methyl sites for hydroxylation is 1. The van der Waals surface area contributed by atoms with Crippen LogP contribution in [0, 0.1) is 6.92 Å². The fourth-order valence-corrected chi connectivity index (χ4v) is 2.57. The highest BCUT2D eigenvalue weighted by molar-refractivity contribution is 5.79. The Hall–Kier alpha value is -2.66. The number of aromatic nitrogens is 2. The van der Waals surface area contributed by atoms with Gasteiger partial charge in [-0.25, -0.2) is 4.98 Å². The largest absolute Gasteiger partial charge is 0.375 e. The van der Waals surface area contributed by atoms with Crippen LogP contribution in [0.3, 0.4) is 0 Å². The lowest BCUT2D eigenvalue weighted by Gasteiger charge is -2.17. The van der Waals surface area contributed by atoms with Crippen molar-refractivity contribution in [2.75, 3.05) is 13.7 Å². The van der Waals surface area contributed by atoms with E-state index in [0.29, 0.717) is 5.82 Å². The molecular formula is C18H19N3O2. The van der Waals surface area contributed by atoms with Gasteiger partial charge in [0.1, 0.15) is 18.5 Å². The standard InChI is InChI=1S/C18H19N3O2/c1-12-8-9-14-15(10-12)20-18(19-14)17(21-16(22)11-23-2)13-6-4-3-5-7-13/h3-10,17H,11H2,1-2H3,(H,19,20)(H,21,22). The van der Waals surface area contributed by atoms with Crippen molar-refractivity contribution in [1.29, 1.82) is 0 Å². The lowest BCUT2D eigenvalue weighted by molar-refractivity contribution is -0.125. The summed E-state index contributed by atoms with van der Waals surface area (Å²) >= 11 is 0. The smallest absolute Gasteiger partial charge is 0.246 e. The molecule has 5 nitrogen and oxygen atoms in total. The molecule has 1 heterocycles. The third kappa shape index (κ3) is 3.40. The quantitative estimate of drug-likeness (QED) is 0.761. The molecule has 0 aliphatic carbocycles. The second kappa shape index (κ2) is 6.62. The first kappa shape index (κ1) is 15.2. The van der Waals surface area contributed by atoms with E-state index in [4.69, 9.17) is 4.74 Å². The summed E-state index contributed by atoms with van der Waals surface area (Å²) in [7, 11) is 1.50. The molecule has 118 valence electrons. The van der Waals surface area contributed by atoms with Crippen LogP contribution in [0.1, 0.15) is 23.0 Å². The normalized spacial score (nSPS) is 12.3. The zero-order valence-corrected chi connectivity index (χ0v) is 13.2. The molecule has 1 amide bonds. The van der Waals surface area contributed by atoms with Crippen LogP contribution in [0.5, 0.6) is 0 Å². The van der Waals surface area contributed by atoms with Gasteiger partial charge in [0.15, 0.2) is 0 Å². The SMILES string of the molecule is COCC(=O)NC(c1ccccc1)c1nc2ccc(C)cc2[nH]1. The van der Waals surface area contributed by atoms with Gasteiger partial charge in [-0.1, -0.05) is 36.4 Å². The van der Waals surface area contributed by atoms with Crippen molar-refractivity contribution in [1.82, 2.24) is 15.3 Å². The van der Waals surface area contributed by atoms with Crippen molar-refractivity contribution in [3.05, 3.63) is 65.5 Å². The molecule has 2 N–H and O–H groups in total. The molecule has 0 fully saturated rings. The van der Waals surface area contributed by atoms with Crippen LogP contribution in [0.2, 0.25) is 0 Å². The van der Waals surface area contributed by atoms with Crippen LogP contribution >= 0.6 is 0 Å². The third-order valence-electron chi connectivity index (χ3n) is 3.64. The summed E-state index contributed by atoms with van der Waals surface area (Å²) in [6.07, 6.45) is 0. The molecule has 0 saturated heterocycles. The Bertz CT molecular complexity index is 812. The minimum atomic E-state index is -0.341. The average molecular weight is 309 g/mol. The van der Waals surface area contributed by atoms with E-state index in [1.807, 2.05) is 55.5 Å². The molecule has 0 radical (unpaired) electrons. The Morgan fingerprint density at radius 2 is 2.04 bits per heavy atom. The van der Waals surface area contributed by atoms with Crippen molar-refractivity contribution in [3.63, 3.8) is 0 Å². The van der Waals surface area contributed by atoms with Crippen molar-refractivity contribution in [2.45, 2.75) is 13.0 Å². The lowest BCUT2D eigenvalue weighted by Crippen LogP contribution is -2.32. The number of carbonyl (C=O) groups is 1. The predicted octanol–water partition coefficient (Wildman–Crippen LogP) is 2.72. The first-order valence-corrected chi connectivity index (χ1v) is 7.47. The first-order chi connectivity index (χ1) is 11.2. The summed E-state index contributed by atoms with van der Waals surface area (Å²) < 4.78 is 4.91. The maximum absolute atomic E-state index is 12.0. The number of methoxy groups -OCH3 is 1. The van der Waals surface area contributed by atoms with Crippen LogP contribution in [-0.4, -0.2) is 29.6 Å². The number of nitrogens with one attached hydrogen (secondary N) is 2. The first-order valence-electron chi connectivity index (χ1n) is 7.47. The number of H-pyrrole nitrogens is 1. The van der Waals surface area contributed by atoms with Crippen LogP contribution in [0.15, 0.2) is 48.5 Å². The second-order valence-corrected chi connectivity index (χ2v) is 5.49. The van der Waals surface area contributed by atoms with Gasteiger partial charge in [-0.3, -0.25) is 4.79 Å². The van der Waals surface area contributed by atoms with Gasteiger partial charge in [0.05, 0.1) is 11.0 Å². The van der Waals surface area contributed by atoms with Gasteiger partial charge in [-0.05, 0) is 30.2 Å². The highest BCUT2D eigenvalue weighted by Crippen LogP contribution is 2.23. The van der Waals surface area contributed by atoms with E-state index in [-0.39, 0.29) is 18.6 Å². The molecular weight excluding hydrogens is 290 g/mol. The number of rotatable bonds is 5. The molecule has 2 aromatic carbocycles. The van der Waals surface area contributed by atoms with E-state index >= 15 is 0 Å². The summed E-state index contributed by atoms with van der Waals surface area (Å²) in [5.74, 6) is 0.527. The number of benzene rings is 2.